The Bertz CT molecular complexity index is 689. The molecule has 0 aromatic carbocycles. The molecular weight excluding hydrogens is 328 g/mol. The zero-order chi connectivity index (χ0) is 16.7. The van der Waals surface area contributed by atoms with Gasteiger partial charge < -0.3 is 0 Å². The van der Waals surface area contributed by atoms with E-state index in [2.05, 4.69) is 27.7 Å². The van der Waals surface area contributed by atoms with Gasteiger partial charge in [-0.1, -0.05) is 19.4 Å². The number of halogens is 1. The van der Waals surface area contributed by atoms with Crippen LogP contribution < -0.4 is 10.9 Å². The van der Waals surface area contributed by atoms with Crippen LogP contribution in [0.2, 0.25) is 0 Å². The van der Waals surface area contributed by atoms with Gasteiger partial charge in [0.25, 0.3) is 11.8 Å². The van der Waals surface area contributed by atoms with Gasteiger partial charge in [-0.3, -0.25) is 30.4 Å². The minimum atomic E-state index is -0.453. The second kappa shape index (κ2) is 9.62. The topological polar surface area (TPSA) is 84.0 Å². The predicted molar refractivity (Wildman–Crippen MR) is 94.0 cm³/mol. The van der Waals surface area contributed by atoms with E-state index in [1.807, 2.05) is 6.07 Å². The van der Waals surface area contributed by atoms with Crippen molar-refractivity contribution in [2.45, 2.75) is 33.1 Å². The average molecular weight is 349 g/mol. The Labute approximate surface area is 147 Å². The van der Waals surface area contributed by atoms with Gasteiger partial charge in [0.1, 0.15) is 5.69 Å². The Morgan fingerprint density at radius 2 is 1.83 bits per heavy atom. The lowest BCUT2D eigenvalue weighted by Crippen LogP contribution is -2.42. The lowest BCUT2D eigenvalue weighted by atomic mass is 10.1. The van der Waals surface area contributed by atoms with Crippen LogP contribution in [0.3, 0.4) is 0 Å². The fraction of sp³-hybridized carbons (Fsp3) is 0.294. The summed E-state index contributed by atoms with van der Waals surface area (Å²) < 4.78 is 0. The van der Waals surface area contributed by atoms with E-state index in [0.717, 1.165) is 30.5 Å². The molecule has 0 fully saturated rings. The van der Waals surface area contributed by atoms with Crippen molar-refractivity contribution in [3.63, 3.8) is 0 Å². The number of nitrogens with one attached hydrogen (secondary N) is 2. The van der Waals surface area contributed by atoms with E-state index in [1.165, 1.54) is 0 Å². The highest BCUT2D eigenvalue weighted by atomic mass is 35.5. The highest BCUT2D eigenvalue weighted by Gasteiger charge is 2.10. The van der Waals surface area contributed by atoms with Crippen LogP contribution in [0, 0.1) is 6.92 Å². The summed E-state index contributed by atoms with van der Waals surface area (Å²) in [4.78, 5) is 32.0. The lowest BCUT2D eigenvalue weighted by Gasteiger charge is -2.07. The SMILES string of the molecule is CCCCc1ccc(C(=O)NNC(=O)c2ccnc(C)c2)nc1.Cl. The van der Waals surface area contributed by atoms with Crippen molar-refractivity contribution in [1.29, 1.82) is 0 Å². The number of hydrogen-bond acceptors (Lipinski definition) is 4. The second-order valence-corrected chi connectivity index (χ2v) is 5.25. The number of hydrogen-bond donors (Lipinski definition) is 2. The van der Waals surface area contributed by atoms with Crippen LogP contribution in [-0.4, -0.2) is 21.8 Å². The summed E-state index contributed by atoms with van der Waals surface area (Å²) in [6.45, 7) is 3.92. The summed E-state index contributed by atoms with van der Waals surface area (Å²) in [6, 6.07) is 6.76. The predicted octanol–water partition coefficient (Wildman–Crippen LogP) is 2.62. The van der Waals surface area contributed by atoms with Crippen molar-refractivity contribution in [3.8, 4) is 0 Å². The van der Waals surface area contributed by atoms with Crippen LogP contribution in [0.1, 0.15) is 51.9 Å². The van der Waals surface area contributed by atoms with Crippen LogP contribution >= 0.6 is 12.4 Å². The molecule has 2 amide bonds. The molecule has 0 bridgehead atoms. The molecule has 0 spiro atoms. The third-order valence-electron chi connectivity index (χ3n) is 3.32. The minimum absolute atomic E-state index is 0. The molecule has 0 radical (unpaired) electrons. The van der Waals surface area contributed by atoms with Crippen molar-refractivity contribution in [2.24, 2.45) is 0 Å². The number of aromatic nitrogens is 2. The zero-order valence-corrected chi connectivity index (χ0v) is 14.5. The van der Waals surface area contributed by atoms with Gasteiger partial charge in [-0.15, -0.1) is 12.4 Å². The molecule has 0 aliphatic carbocycles. The van der Waals surface area contributed by atoms with Gasteiger partial charge in [-0.05, 0) is 43.5 Å². The van der Waals surface area contributed by atoms with Gasteiger partial charge >= 0.3 is 0 Å². The molecule has 2 rings (SSSR count). The normalized spacial score (nSPS) is 9.75. The van der Waals surface area contributed by atoms with Crippen LogP contribution in [0.5, 0.6) is 0 Å². The average Bonchev–Trinajstić information content (AvgIpc) is 2.58. The first-order valence-corrected chi connectivity index (χ1v) is 7.58. The number of carbonyl (C=O) groups is 2. The summed E-state index contributed by atoms with van der Waals surface area (Å²) in [5, 5.41) is 0. The van der Waals surface area contributed by atoms with E-state index in [-0.39, 0.29) is 18.1 Å². The third kappa shape index (κ3) is 5.62. The van der Waals surface area contributed by atoms with E-state index in [0.29, 0.717) is 5.56 Å². The largest absolute Gasteiger partial charge is 0.288 e. The van der Waals surface area contributed by atoms with Crippen LogP contribution in [-0.2, 0) is 6.42 Å². The molecule has 6 nitrogen and oxygen atoms in total. The van der Waals surface area contributed by atoms with Gasteiger partial charge in [0.2, 0.25) is 0 Å². The fourth-order valence-corrected chi connectivity index (χ4v) is 2.02. The number of hydrazine groups is 1. The highest BCUT2D eigenvalue weighted by Crippen LogP contribution is 2.05. The summed E-state index contributed by atoms with van der Waals surface area (Å²) in [5.74, 6) is -0.852. The number of carbonyl (C=O) groups excluding carboxylic acids is 2. The van der Waals surface area contributed by atoms with Crippen molar-refractivity contribution in [1.82, 2.24) is 20.8 Å². The first kappa shape index (κ1) is 19.6. The molecule has 2 aromatic heterocycles. The maximum Gasteiger partial charge on any atom is 0.288 e. The molecule has 0 aliphatic heterocycles. The summed E-state index contributed by atoms with van der Waals surface area (Å²) >= 11 is 0. The van der Waals surface area contributed by atoms with Gasteiger partial charge in [0, 0.05) is 23.7 Å². The number of nitrogens with zero attached hydrogens (tertiary/aromatic N) is 2. The first-order valence-electron chi connectivity index (χ1n) is 7.58. The second-order valence-electron chi connectivity index (χ2n) is 5.25. The maximum absolute atomic E-state index is 12.0. The quantitative estimate of drug-likeness (QED) is 0.813. The number of aryl methyl sites for hydroxylation is 2. The summed E-state index contributed by atoms with van der Waals surface area (Å²) in [7, 11) is 0. The molecular formula is C17H21ClN4O2. The molecule has 7 heteroatoms. The van der Waals surface area contributed by atoms with E-state index >= 15 is 0 Å². The van der Waals surface area contributed by atoms with E-state index in [1.54, 1.807) is 37.5 Å². The Hall–Kier alpha value is -2.47. The maximum atomic E-state index is 12.0. The summed E-state index contributed by atoms with van der Waals surface area (Å²) in [5.41, 5.74) is 7.24. The molecule has 2 N–H and O–H groups in total. The molecule has 0 saturated carbocycles. The third-order valence-corrected chi connectivity index (χ3v) is 3.32. The fourth-order valence-electron chi connectivity index (χ4n) is 2.02. The molecule has 0 unspecified atom stereocenters. The monoisotopic (exact) mass is 348 g/mol. The number of amides is 2. The lowest BCUT2D eigenvalue weighted by molar-refractivity contribution is 0.0844. The molecule has 24 heavy (non-hydrogen) atoms. The molecule has 128 valence electrons. The zero-order valence-electron chi connectivity index (χ0n) is 13.7. The van der Waals surface area contributed by atoms with E-state index in [4.69, 9.17) is 0 Å². The summed E-state index contributed by atoms with van der Waals surface area (Å²) in [6.07, 6.45) is 6.39. The van der Waals surface area contributed by atoms with Crippen LogP contribution in [0.25, 0.3) is 0 Å². The highest BCUT2D eigenvalue weighted by molar-refractivity contribution is 5.98. The van der Waals surface area contributed by atoms with Gasteiger partial charge in [-0.2, -0.15) is 0 Å². The molecule has 0 aliphatic rings. The van der Waals surface area contributed by atoms with Crippen molar-refractivity contribution >= 4 is 24.2 Å². The van der Waals surface area contributed by atoms with Crippen LogP contribution in [0.4, 0.5) is 0 Å². The Kier molecular flexibility index (Phi) is 7.85. The molecule has 0 atom stereocenters. The number of unbranched alkanes of at least 4 members (excludes halogenated alkanes) is 1. The minimum Gasteiger partial charge on any atom is -0.267 e. The molecule has 0 saturated heterocycles. The van der Waals surface area contributed by atoms with Gasteiger partial charge in [0.05, 0.1) is 0 Å². The van der Waals surface area contributed by atoms with Gasteiger partial charge in [0.15, 0.2) is 0 Å². The smallest absolute Gasteiger partial charge is 0.267 e. The Balaban J connectivity index is 0.00000288. The van der Waals surface area contributed by atoms with E-state index in [9.17, 15) is 9.59 Å². The standard InChI is InChI=1S/C17H20N4O2.ClH/c1-3-4-5-13-6-7-15(19-11-13)17(23)21-20-16(22)14-8-9-18-12(2)10-14;/h6-11H,3-5H2,1-2H3,(H,20,22)(H,21,23);1H. The molecule has 2 heterocycles. The Morgan fingerprint density at radius 1 is 1.08 bits per heavy atom. The van der Waals surface area contributed by atoms with Crippen molar-refractivity contribution < 1.29 is 9.59 Å². The first-order chi connectivity index (χ1) is 11.1. The van der Waals surface area contributed by atoms with E-state index < -0.39 is 11.8 Å². The van der Waals surface area contributed by atoms with Gasteiger partial charge in [-0.25, -0.2) is 0 Å². The van der Waals surface area contributed by atoms with Crippen LogP contribution in [0.15, 0.2) is 36.7 Å². The molecule has 2 aromatic rings. The number of pyridine rings is 2. The number of rotatable bonds is 5. The van der Waals surface area contributed by atoms with Crippen molar-refractivity contribution in [3.05, 3.63) is 59.2 Å². The van der Waals surface area contributed by atoms with Crippen molar-refractivity contribution in [2.75, 3.05) is 0 Å². The Morgan fingerprint density at radius 3 is 2.46 bits per heavy atom.